The fourth-order valence-corrected chi connectivity index (χ4v) is 3.05. The van der Waals surface area contributed by atoms with Gasteiger partial charge in [-0.2, -0.15) is 0 Å². The van der Waals surface area contributed by atoms with Gasteiger partial charge in [-0.15, -0.1) is 0 Å². The van der Waals surface area contributed by atoms with E-state index in [-0.39, 0.29) is 11.2 Å². The van der Waals surface area contributed by atoms with E-state index in [2.05, 4.69) is 19.2 Å². The van der Waals surface area contributed by atoms with Gasteiger partial charge < -0.3 is 5.32 Å². The first-order valence-electron chi connectivity index (χ1n) is 7.41. The van der Waals surface area contributed by atoms with Crippen LogP contribution in [0.15, 0.2) is 15.7 Å². The number of hydrogen-bond acceptors (Lipinski definition) is 3. The average Bonchev–Trinajstić information content (AvgIpc) is 2.43. The Hall–Kier alpha value is -1.36. The largest absolute Gasteiger partial charge is 0.330 e. The highest BCUT2D eigenvalue weighted by Gasteiger charge is 2.26. The SMILES string of the molecule is CC1CCCC(NCc2cc(=O)n(C)c(=O)n2C)C1C. The zero-order valence-corrected chi connectivity index (χ0v) is 12.8. The van der Waals surface area contributed by atoms with Crippen molar-refractivity contribution in [2.24, 2.45) is 25.9 Å². The molecule has 0 radical (unpaired) electrons. The van der Waals surface area contributed by atoms with Crippen molar-refractivity contribution >= 4 is 0 Å². The summed E-state index contributed by atoms with van der Waals surface area (Å²) in [6.45, 7) is 5.15. The Morgan fingerprint density at radius 2 is 1.90 bits per heavy atom. The van der Waals surface area contributed by atoms with Crippen LogP contribution in [0.5, 0.6) is 0 Å². The van der Waals surface area contributed by atoms with E-state index in [4.69, 9.17) is 0 Å². The van der Waals surface area contributed by atoms with Gasteiger partial charge >= 0.3 is 5.69 Å². The Kier molecular flexibility index (Phi) is 4.48. The van der Waals surface area contributed by atoms with E-state index in [9.17, 15) is 9.59 Å². The molecule has 3 unspecified atom stereocenters. The summed E-state index contributed by atoms with van der Waals surface area (Å²) in [6, 6.07) is 2.02. The van der Waals surface area contributed by atoms with Gasteiger partial charge in [-0.1, -0.05) is 26.7 Å². The molecule has 2 rings (SSSR count). The third-order valence-corrected chi connectivity index (χ3v) is 4.88. The number of rotatable bonds is 3. The highest BCUT2D eigenvalue weighted by molar-refractivity contribution is 5.02. The molecule has 1 saturated carbocycles. The van der Waals surface area contributed by atoms with Gasteiger partial charge in [-0.3, -0.25) is 13.9 Å². The molecule has 3 atom stereocenters. The van der Waals surface area contributed by atoms with Gasteiger partial charge in [0.2, 0.25) is 0 Å². The Morgan fingerprint density at radius 1 is 1.20 bits per heavy atom. The first kappa shape index (κ1) is 15.0. The molecule has 1 aromatic rings. The Balaban J connectivity index is 2.12. The number of hydrogen-bond donors (Lipinski definition) is 1. The average molecular weight is 279 g/mol. The fourth-order valence-electron chi connectivity index (χ4n) is 3.05. The lowest BCUT2D eigenvalue weighted by Gasteiger charge is -2.34. The summed E-state index contributed by atoms with van der Waals surface area (Å²) in [5.41, 5.74) is 0.248. The molecule has 112 valence electrons. The van der Waals surface area contributed by atoms with Gasteiger partial charge in [0, 0.05) is 38.4 Å². The Labute approximate surface area is 119 Å². The van der Waals surface area contributed by atoms with Crippen LogP contribution in [-0.4, -0.2) is 15.2 Å². The molecule has 5 nitrogen and oxygen atoms in total. The van der Waals surface area contributed by atoms with Crippen molar-refractivity contribution in [2.45, 2.75) is 45.7 Å². The summed E-state index contributed by atoms with van der Waals surface area (Å²) in [7, 11) is 3.22. The molecular weight excluding hydrogens is 254 g/mol. The third-order valence-electron chi connectivity index (χ3n) is 4.88. The first-order valence-corrected chi connectivity index (χ1v) is 7.41. The number of aromatic nitrogens is 2. The lowest BCUT2D eigenvalue weighted by Crippen LogP contribution is -2.43. The van der Waals surface area contributed by atoms with Gasteiger partial charge in [0.1, 0.15) is 0 Å². The highest BCUT2D eigenvalue weighted by atomic mass is 16.2. The number of nitrogens with one attached hydrogen (secondary N) is 1. The van der Waals surface area contributed by atoms with Crippen molar-refractivity contribution in [3.8, 4) is 0 Å². The summed E-state index contributed by atoms with van der Waals surface area (Å²) < 4.78 is 2.68. The predicted molar refractivity (Wildman–Crippen MR) is 79.7 cm³/mol. The number of nitrogens with zero attached hydrogens (tertiary/aromatic N) is 2. The molecule has 1 aliphatic rings. The molecule has 0 amide bonds. The first-order chi connectivity index (χ1) is 9.41. The maximum atomic E-state index is 11.9. The minimum absolute atomic E-state index is 0.241. The van der Waals surface area contributed by atoms with E-state index in [1.807, 2.05) is 0 Å². The molecular formula is C15H25N3O2. The van der Waals surface area contributed by atoms with Crippen molar-refractivity contribution in [3.63, 3.8) is 0 Å². The van der Waals surface area contributed by atoms with E-state index in [0.717, 1.165) is 16.2 Å². The Bertz CT molecular complexity index is 588. The molecule has 1 N–H and O–H groups in total. The van der Waals surface area contributed by atoms with E-state index >= 15 is 0 Å². The van der Waals surface area contributed by atoms with Crippen LogP contribution in [0.4, 0.5) is 0 Å². The maximum Gasteiger partial charge on any atom is 0.330 e. The fraction of sp³-hybridized carbons (Fsp3) is 0.733. The van der Waals surface area contributed by atoms with Crippen LogP contribution < -0.4 is 16.6 Å². The van der Waals surface area contributed by atoms with Crippen LogP contribution in [0.2, 0.25) is 0 Å². The Morgan fingerprint density at radius 3 is 2.60 bits per heavy atom. The molecule has 0 spiro atoms. The van der Waals surface area contributed by atoms with Crippen LogP contribution >= 0.6 is 0 Å². The van der Waals surface area contributed by atoms with E-state index in [1.54, 1.807) is 17.7 Å². The lowest BCUT2D eigenvalue weighted by atomic mass is 9.78. The molecule has 1 aromatic heterocycles. The lowest BCUT2D eigenvalue weighted by molar-refractivity contribution is 0.205. The predicted octanol–water partition coefficient (Wildman–Crippen LogP) is 0.998. The minimum atomic E-state index is -0.264. The van der Waals surface area contributed by atoms with Gasteiger partial charge in [-0.25, -0.2) is 4.79 Å². The zero-order chi connectivity index (χ0) is 14.9. The van der Waals surface area contributed by atoms with Crippen LogP contribution in [0, 0.1) is 11.8 Å². The molecule has 1 heterocycles. The normalized spacial score (nSPS) is 26.7. The van der Waals surface area contributed by atoms with E-state index in [1.165, 1.54) is 26.3 Å². The topological polar surface area (TPSA) is 56.0 Å². The van der Waals surface area contributed by atoms with Crippen LogP contribution in [0.1, 0.15) is 38.8 Å². The van der Waals surface area contributed by atoms with Gasteiger partial charge in [0.05, 0.1) is 0 Å². The smallest absolute Gasteiger partial charge is 0.308 e. The van der Waals surface area contributed by atoms with Crippen molar-refractivity contribution in [2.75, 3.05) is 0 Å². The molecule has 20 heavy (non-hydrogen) atoms. The molecule has 0 saturated heterocycles. The summed E-state index contributed by atoms with van der Waals surface area (Å²) in [5, 5.41) is 3.52. The van der Waals surface area contributed by atoms with Crippen molar-refractivity contribution in [3.05, 3.63) is 32.6 Å². The molecule has 5 heteroatoms. The second-order valence-corrected chi connectivity index (χ2v) is 6.13. The van der Waals surface area contributed by atoms with Crippen LogP contribution in [-0.2, 0) is 20.6 Å². The van der Waals surface area contributed by atoms with E-state index < -0.39 is 0 Å². The van der Waals surface area contributed by atoms with Gasteiger partial charge in [0.25, 0.3) is 5.56 Å². The second kappa shape index (κ2) is 5.95. The monoisotopic (exact) mass is 279 g/mol. The molecule has 0 aromatic carbocycles. The standard InChI is InChI=1S/C15H25N3O2/c1-10-6-5-7-13(11(10)2)16-9-12-8-14(19)18(4)15(20)17(12)3/h8,10-11,13,16H,5-7,9H2,1-4H3. The van der Waals surface area contributed by atoms with Crippen molar-refractivity contribution < 1.29 is 0 Å². The third kappa shape index (κ3) is 2.87. The summed E-state index contributed by atoms with van der Waals surface area (Å²) >= 11 is 0. The van der Waals surface area contributed by atoms with E-state index in [0.29, 0.717) is 18.5 Å². The maximum absolute atomic E-state index is 11.9. The molecule has 0 aliphatic heterocycles. The van der Waals surface area contributed by atoms with Crippen LogP contribution in [0.3, 0.4) is 0 Å². The van der Waals surface area contributed by atoms with Crippen molar-refractivity contribution in [1.82, 2.24) is 14.5 Å². The summed E-state index contributed by atoms with van der Waals surface area (Å²) in [5.74, 6) is 1.36. The molecule has 1 aliphatic carbocycles. The quantitative estimate of drug-likeness (QED) is 0.898. The molecule has 0 bridgehead atoms. The second-order valence-electron chi connectivity index (χ2n) is 6.13. The molecule has 1 fully saturated rings. The summed E-state index contributed by atoms with van der Waals surface area (Å²) in [4.78, 5) is 23.6. The zero-order valence-electron chi connectivity index (χ0n) is 12.8. The minimum Gasteiger partial charge on any atom is -0.308 e. The van der Waals surface area contributed by atoms with Crippen molar-refractivity contribution in [1.29, 1.82) is 0 Å². The van der Waals surface area contributed by atoms with Gasteiger partial charge in [0.15, 0.2) is 0 Å². The summed E-state index contributed by atoms with van der Waals surface area (Å²) in [6.07, 6.45) is 3.71. The van der Waals surface area contributed by atoms with Gasteiger partial charge in [-0.05, 0) is 18.3 Å². The van der Waals surface area contributed by atoms with Crippen LogP contribution in [0.25, 0.3) is 0 Å². The highest BCUT2D eigenvalue weighted by Crippen LogP contribution is 2.29.